The molecule has 6 heteroatoms. The highest BCUT2D eigenvalue weighted by Gasteiger charge is 2.55. The van der Waals surface area contributed by atoms with Crippen LogP contribution in [0.1, 0.15) is 18.4 Å². The van der Waals surface area contributed by atoms with Crippen molar-refractivity contribution in [3.8, 4) is 0 Å². The molecule has 2 bridgehead atoms. The molecule has 2 heterocycles. The van der Waals surface area contributed by atoms with E-state index in [4.69, 9.17) is 16.3 Å². The Morgan fingerprint density at radius 2 is 1.81 bits per heavy atom. The van der Waals surface area contributed by atoms with Crippen LogP contribution in [0.4, 0.5) is 0 Å². The Morgan fingerprint density at radius 1 is 1.19 bits per heavy atom. The molecule has 0 spiro atoms. The summed E-state index contributed by atoms with van der Waals surface area (Å²) in [5.74, 6) is -2.51. The van der Waals surface area contributed by atoms with Crippen LogP contribution in [0, 0.1) is 11.8 Å². The molecule has 5 nitrogen and oxygen atoms in total. The lowest BCUT2D eigenvalue weighted by Gasteiger charge is -2.23. The third-order valence-electron chi connectivity index (χ3n) is 4.24. The maximum absolute atomic E-state index is 12.3. The lowest BCUT2D eigenvalue weighted by atomic mass is 9.78. The first kappa shape index (κ1) is 14.4. The molecule has 21 heavy (non-hydrogen) atoms. The Balaban J connectivity index is 1.64. The molecule has 4 atom stereocenters. The van der Waals surface area contributed by atoms with E-state index in [1.165, 1.54) is 0 Å². The Bertz CT molecular complexity index is 559. The van der Waals surface area contributed by atoms with Crippen LogP contribution >= 0.6 is 11.6 Å². The van der Waals surface area contributed by atoms with Crippen molar-refractivity contribution in [1.82, 2.24) is 5.32 Å². The average Bonchev–Trinajstić information content (AvgIpc) is 3.06. The van der Waals surface area contributed by atoms with E-state index >= 15 is 0 Å². The number of hydrogen-bond acceptors (Lipinski definition) is 3. The van der Waals surface area contributed by atoms with E-state index in [1.54, 1.807) is 12.1 Å². The van der Waals surface area contributed by atoms with Crippen molar-refractivity contribution in [1.29, 1.82) is 0 Å². The van der Waals surface area contributed by atoms with Crippen LogP contribution in [0.25, 0.3) is 0 Å². The second kappa shape index (κ2) is 5.66. The average molecular weight is 310 g/mol. The van der Waals surface area contributed by atoms with Crippen LogP contribution in [0.3, 0.4) is 0 Å². The molecule has 1 amide bonds. The highest BCUT2D eigenvalue weighted by atomic mass is 35.5. The summed E-state index contributed by atoms with van der Waals surface area (Å²) in [5, 5.41) is 12.7. The maximum Gasteiger partial charge on any atom is 0.310 e. The summed E-state index contributed by atoms with van der Waals surface area (Å²) in [7, 11) is 0. The topological polar surface area (TPSA) is 75.6 Å². The Hall–Kier alpha value is -1.59. The van der Waals surface area contributed by atoms with Gasteiger partial charge in [0.15, 0.2) is 0 Å². The van der Waals surface area contributed by atoms with Gasteiger partial charge < -0.3 is 15.2 Å². The van der Waals surface area contributed by atoms with Gasteiger partial charge in [-0.05, 0) is 30.5 Å². The van der Waals surface area contributed by atoms with E-state index in [2.05, 4.69) is 5.32 Å². The normalized spacial score (nSPS) is 30.3. The number of amides is 1. The zero-order valence-electron chi connectivity index (χ0n) is 11.3. The van der Waals surface area contributed by atoms with Gasteiger partial charge in [0.2, 0.25) is 5.91 Å². The second-order valence-electron chi connectivity index (χ2n) is 5.52. The summed E-state index contributed by atoms with van der Waals surface area (Å²) in [5.41, 5.74) is 0.920. The van der Waals surface area contributed by atoms with Crippen molar-refractivity contribution >= 4 is 23.5 Å². The molecule has 0 aliphatic carbocycles. The molecule has 0 unspecified atom stereocenters. The van der Waals surface area contributed by atoms with E-state index in [9.17, 15) is 14.7 Å². The number of carbonyl (C=O) groups is 2. The fraction of sp³-hybridized carbons (Fsp3) is 0.467. The van der Waals surface area contributed by atoms with Crippen LogP contribution in [0.15, 0.2) is 24.3 Å². The van der Waals surface area contributed by atoms with Gasteiger partial charge in [-0.2, -0.15) is 0 Å². The largest absolute Gasteiger partial charge is 0.481 e. The lowest BCUT2D eigenvalue weighted by molar-refractivity contribution is -0.147. The van der Waals surface area contributed by atoms with Gasteiger partial charge in [0.25, 0.3) is 0 Å². The Labute approximate surface area is 127 Å². The number of carboxylic acid groups (broad SMARTS) is 1. The lowest BCUT2D eigenvalue weighted by Crippen LogP contribution is -2.43. The number of fused-ring (bicyclic) bond motifs is 2. The molecule has 1 aromatic rings. The fourth-order valence-corrected chi connectivity index (χ4v) is 3.36. The van der Waals surface area contributed by atoms with Gasteiger partial charge in [0.1, 0.15) is 0 Å². The number of rotatable bonds is 4. The van der Waals surface area contributed by atoms with E-state index < -0.39 is 17.8 Å². The summed E-state index contributed by atoms with van der Waals surface area (Å²) in [6.07, 6.45) is 0.899. The van der Waals surface area contributed by atoms with E-state index in [1.807, 2.05) is 12.1 Å². The minimum absolute atomic E-state index is 0.246. The number of ether oxygens (including phenoxy) is 1. The third kappa shape index (κ3) is 2.76. The molecular formula is C15H16ClNO4. The molecule has 0 aromatic heterocycles. The molecule has 2 saturated heterocycles. The van der Waals surface area contributed by atoms with Crippen LogP contribution in [-0.4, -0.2) is 29.2 Å². The fourth-order valence-electron chi connectivity index (χ4n) is 3.23. The van der Waals surface area contributed by atoms with Gasteiger partial charge >= 0.3 is 5.97 Å². The van der Waals surface area contributed by atoms with Crippen molar-refractivity contribution in [3.63, 3.8) is 0 Å². The molecular weight excluding hydrogens is 294 g/mol. The first-order chi connectivity index (χ1) is 10.1. The summed E-state index contributed by atoms with van der Waals surface area (Å²) >= 11 is 5.81. The molecule has 2 fully saturated rings. The number of nitrogens with one attached hydrogen (secondary N) is 1. The number of benzene rings is 1. The molecule has 2 N–H and O–H groups in total. The van der Waals surface area contributed by atoms with E-state index in [0.29, 0.717) is 11.6 Å². The van der Waals surface area contributed by atoms with Gasteiger partial charge in [-0.3, -0.25) is 9.59 Å². The molecule has 1 aromatic carbocycles. The molecule has 2 aliphatic rings. The van der Waals surface area contributed by atoms with E-state index in [0.717, 1.165) is 18.4 Å². The number of carboxylic acids is 1. The first-order valence-electron chi connectivity index (χ1n) is 6.96. The molecule has 3 rings (SSSR count). The second-order valence-corrected chi connectivity index (χ2v) is 5.96. The highest BCUT2D eigenvalue weighted by molar-refractivity contribution is 6.30. The SMILES string of the molecule is O=C(O)[C@@H]1[C@H](C(=O)NCc2ccc(Cl)cc2)[C@@H]2CC[C@H]1O2. The zero-order valence-corrected chi connectivity index (χ0v) is 12.0. The number of hydrogen-bond donors (Lipinski definition) is 2. The summed E-state index contributed by atoms with van der Waals surface area (Å²) in [4.78, 5) is 23.7. The Morgan fingerprint density at radius 3 is 2.43 bits per heavy atom. The van der Waals surface area contributed by atoms with Gasteiger partial charge in [-0.1, -0.05) is 23.7 Å². The molecule has 112 valence electrons. The van der Waals surface area contributed by atoms with Gasteiger partial charge in [-0.15, -0.1) is 0 Å². The number of carbonyl (C=O) groups excluding carboxylic acids is 1. The van der Waals surface area contributed by atoms with E-state index in [-0.39, 0.29) is 18.1 Å². The first-order valence-corrected chi connectivity index (χ1v) is 7.34. The zero-order chi connectivity index (χ0) is 15.0. The standard InChI is InChI=1S/C15H16ClNO4/c16-9-3-1-8(2-4-9)7-17-14(18)12-10-5-6-11(21-10)13(12)15(19)20/h1-4,10-13H,5-7H2,(H,17,18)(H,19,20)/t10-,11+,12+,13-/m0/s1. The summed E-state index contributed by atoms with van der Waals surface area (Å²) in [6.45, 7) is 0.357. The van der Waals surface area contributed by atoms with Crippen LogP contribution < -0.4 is 5.32 Å². The minimum atomic E-state index is -0.950. The van der Waals surface area contributed by atoms with Crippen LogP contribution in [0.2, 0.25) is 5.02 Å². The third-order valence-corrected chi connectivity index (χ3v) is 4.49. The minimum Gasteiger partial charge on any atom is -0.481 e. The number of halogens is 1. The summed E-state index contributed by atoms with van der Waals surface area (Å²) < 4.78 is 5.59. The van der Waals surface area contributed by atoms with Crippen LogP contribution in [0.5, 0.6) is 0 Å². The maximum atomic E-state index is 12.3. The predicted molar refractivity (Wildman–Crippen MR) is 75.8 cm³/mol. The summed E-state index contributed by atoms with van der Waals surface area (Å²) in [6, 6.07) is 7.16. The van der Waals surface area contributed by atoms with Gasteiger partial charge in [-0.25, -0.2) is 0 Å². The van der Waals surface area contributed by atoms with Gasteiger partial charge in [0, 0.05) is 11.6 Å². The predicted octanol–water partition coefficient (Wildman–Crippen LogP) is 1.83. The highest BCUT2D eigenvalue weighted by Crippen LogP contribution is 2.43. The number of aliphatic carboxylic acids is 1. The van der Waals surface area contributed by atoms with Crippen LogP contribution in [-0.2, 0) is 20.9 Å². The Kier molecular flexibility index (Phi) is 3.87. The van der Waals surface area contributed by atoms with Gasteiger partial charge in [0.05, 0.1) is 24.0 Å². The van der Waals surface area contributed by atoms with Crippen molar-refractivity contribution < 1.29 is 19.4 Å². The monoisotopic (exact) mass is 309 g/mol. The van der Waals surface area contributed by atoms with Crippen molar-refractivity contribution in [2.24, 2.45) is 11.8 Å². The molecule has 0 saturated carbocycles. The van der Waals surface area contributed by atoms with Crippen molar-refractivity contribution in [3.05, 3.63) is 34.9 Å². The molecule has 0 radical (unpaired) electrons. The molecule has 2 aliphatic heterocycles. The smallest absolute Gasteiger partial charge is 0.310 e. The quantitative estimate of drug-likeness (QED) is 0.890. The van der Waals surface area contributed by atoms with Crippen molar-refractivity contribution in [2.45, 2.75) is 31.6 Å². The van der Waals surface area contributed by atoms with Crippen molar-refractivity contribution in [2.75, 3.05) is 0 Å².